The van der Waals surface area contributed by atoms with Gasteiger partial charge in [-0.15, -0.1) is 0 Å². The van der Waals surface area contributed by atoms with E-state index in [2.05, 4.69) is 0 Å². The van der Waals surface area contributed by atoms with E-state index in [1.54, 1.807) is 14.2 Å². The van der Waals surface area contributed by atoms with Gasteiger partial charge in [-0.05, 0) is 31.0 Å². The third-order valence-corrected chi connectivity index (χ3v) is 3.47. The molecule has 2 rings (SSSR count). The Balaban J connectivity index is 2.60. The van der Waals surface area contributed by atoms with Gasteiger partial charge in [0.2, 0.25) is 0 Å². The van der Waals surface area contributed by atoms with Crippen molar-refractivity contribution in [3.8, 4) is 11.5 Å². The highest BCUT2D eigenvalue weighted by Gasteiger charge is 2.39. The summed E-state index contributed by atoms with van der Waals surface area (Å²) in [5.74, 6) is 1.68. The van der Waals surface area contributed by atoms with Gasteiger partial charge in [0.05, 0.1) is 33.0 Å². The zero-order valence-electron chi connectivity index (χ0n) is 10.8. The predicted octanol–water partition coefficient (Wildman–Crippen LogP) is 1.50. The molecule has 17 heavy (non-hydrogen) atoms. The Morgan fingerprint density at radius 2 is 1.82 bits per heavy atom. The van der Waals surface area contributed by atoms with E-state index in [4.69, 9.17) is 19.9 Å². The molecular formula is C13H19NO3. The lowest BCUT2D eigenvalue weighted by atomic mass is 9.86. The fourth-order valence-corrected chi connectivity index (χ4v) is 2.18. The third-order valence-electron chi connectivity index (χ3n) is 3.47. The summed E-state index contributed by atoms with van der Waals surface area (Å²) in [4.78, 5) is 0. The van der Waals surface area contributed by atoms with Crippen LogP contribution in [0, 0.1) is 13.8 Å². The van der Waals surface area contributed by atoms with Gasteiger partial charge < -0.3 is 19.9 Å². The molecule has 0 aromatic heterocycles. The van der Waals surface area contributed by atoms with Gasteiger partial charge in [0.25, 0.3) is 0 Å². The standard InChI is InChI=1S/C13H19NO3/c1-8-9(2)12(16-4)10(5-11(8)15-3)13(14)6-17-7-13/h5H,6-7,14H2,1-4H3. The van der Waals surface area contributed by atoms with Crippen molar-refractivity contribution in [1.82, 2.24) is 0 Å². The molecule has 0 aliphatic carbocycles. The van der Waals surface area contributed by atoms with Crippen LogP contribution in [-0.2, 0) is 10.3 Å². The fraction of sp³-hybridized carbons (Fsp3) is 0.538. The van der Waals surface area contributed by atoms with E-state index in [1.165, 1.54) is 0 Å². The molecule has 1 aliphatic rings. The van der Waals surface area contributed by atoms with Gasteiger partial charge in [-0.1, -0.05) is 0 Å². The Bertz CT molecular complexity index is 439. The van der Waals surface area contributed by atoms with Crippen molar-refractivity contribution in [3.05, 3.63) is 22.8 Å². The first-order valence-corrected chi connectivity index (χ1v) is 5.63. The number of rotatable bonds is 3. The van der Waals surface area contributed by atoms with Crippen LogP contribution in [0.3, 0.4) is 0 Å². The van der Waals surface area contributed by atoms with Crippen LogP contribution in [0.25, 0.3) is 0 Å². The predicted molar refractivity (Wildman–Crippen MR) is 65.7 cm³/mol. The largest absolute Gasteiger partial charge is 0.496 e. The fourth-order valence-electron chi connectivity index (χ4n) is 2.18. The van der Waals surface area contributed by atoms with Crippen LogP contribution in [0.2, 0.25) is 0 Å². The summed E-state index contributed by atoms with van der Waals surface area (Å²) in [5.41, 5.74) is 8.95. The number of methoxy groups -OCH3 is 2. The molecule has 1 aromatic rings. The first kappa shape index (κ1) is 12.2. The SMILES string of the molecule is COc1cc(C2(N)COC2)c(OC)c(C)c1C. The zero-order valence-corrected chi connectivity index (χ0v) is 10.8. The molecule has 4 heteroatoms. The molecule has 1 heterocycles. The van der Waals surface area contributed by atoms with Gasteiger partial charge in [0.1, 0.15) is 11.5 Å². The van der Waals surface area contributed by atoms with E-state index in [-0.39, 0.29) is 0 Å². The van der Waals surface area contributed by atoms with Gasteiger partial charge in [-0.3, -0.25) is 0 Å². The Morgan fingerprint density at radius 1 is 1.18 bits per heavy atom. The van der Waals surface area contributed by atoms with Crippen molar-refractivity contribution in [2.24, 2.45) is 5.73 Å². The van der Waals surface area contributed by atoms with Crippen LogP contribution < -0.4 is 15.2 Å². The van der Waals surface area contributed by atoms with E-state index in [0.29, 0.717) is 13.2 Å². The summed E-state index contributed by atoms with van der Waals surface area (Å²) in [5, 5.41) is 0. The van der Waals surface area contributed by atoms with E-state index in [0.717, 1.165) is 28.2 Å². The van der Waals surface area contributed by atoms with Crippen LogP contribution in [0.1, 0.15) is 16.7 Å². The van der Waals surface area contributed by atoms with Gasteiger partial charge in [-0.25, -0.2) is 0 Å². The lowest BCUT2D eigenvalue weighted by Gasteiger charge is -2.39. The lowest BCUT2D eigenvalue weighted by Crippen LogP contribution is -2.54. The van der Waals surface area contributed by atoms with Crippen molar-refractivity contribution in [2.45, 2.75) is 19.4 Å². The number of hydrogen-bond acceptors (Lipinski definition) is 4. The van der Waals surface area contributed by atoms with E-state index in [9.17, 15) is 0 Å². The van der Waals surface area contributed by atoms with Gasteiger partial charge in [-0.2, -0.15) is 0 Å². The molecule has 0 saturated carbocycles. The van der Waals surface area contributed by atoms with Crippen LogP contribution in [0.4, 0.5) is 0 Å². The quantitative estimate of drug-likeness (QED) is 0.865. The first-order chi connectivity index (χ1) is 8.03. The summed E-state index contributed by atoms with van der Waals surface area (Å²) >= 11 is 0. The van der Waals surface area contributed by atoms with E-state index < -0.39 is 5.54 Å². The minimum Gasteiger partial charge on any atom is -0.496 e. The molecule has 0 unspecified atom stereocenters. The van der Waals surface area contributed by atoms with Crippen molar-refractivity contribution in [3.63, 3.8) is 0 Å². The monoisotopic (exact) mass is 237 g/mol. The molecule has 0 amide bonds. The average molecular weight is 237 g/mol. The molecule has 1 aliphatic heterocycles. The maximum atomic E-state index is 6.28. The molecule has 4 nitrogen and oxygen atoms in total. The maximum Gasteiger partial charge on any atom is 0.127 e. The minimum atomic E-state index is -0.447. The summed E-state index contributed by atoms with van der Waals surface area (Å²) in [6, 6.07) is 1.96. The third kappa shape index (κ3) is 1.77. The minimum absolute atomic E-state index is 0.447. The number of nitrogens with two attached hydrogens (primary N) is 1. The highest BCUT2D eigenvalue weighted by Crippen LogP contribution is 2.40. The molecular weight excluding hydrogens is 218 g/mol. The second-order valence-corrected chi connectivity index (χ2v) is 4.56. The topological polar surface area (TPSA) is 53.7 Å². The molecule has 0 radical (unpaired) electrons. The molecule has 1 aromatic carbocycles. The van der Waals surface area contributed by atoms with Crippen LogP contribution >= 0.6 is 0 Å². The van der Waals surface area contributed by atoms with Crippen LogP contribution in [0.5, 0.6) is 11.5 Å². The Hall–Kier alpha value is -1.26. The van der Waals surface area contributed by atoms with Crippen LogP contribution in [0.15, 0.2) is 6.07 Å². The molecule has 0 atom stereocenters. The molecule has 0 bridgehead atoms. The second kappa shape index (κ2) is 4.20. The van der Waals surface area contributed by atoms with E-state index in [1.807, 2.05) is 19.9 Å². The molecule has 1 fully saturated rings. The Kier molecular flexibility index (Phi) is 3.02. The highest BCUT2D eigenvalue weighted by molar-refractivity contribution is 5.55. The van der Waals surface area contributed by atoms with E-state index >= 15 is 0 Å². The number of hydrogen-bond donors (Lipinski definition) is 1. The highest BCUT2D eigenvalue weighted by atomic mass is 16.5. The lowest BCUT2D eigenvalue weighted by molar-refractivity contribution is -0.0579. The van der Waals surface area contributed by atoms with Gasteiger partial charge >= 0.3 is 0 Å². The van der Waals surface area contributed by atoms with Crippen molar-refractivity contribution >= 4 is 0 Å². The summed E-state index contributed by atoms with van der Waals surface area (Å²) in [6.45, 7) is 5.08. The van der Waals surface area contributed by atoms with Crippen molar-refractivity contribution in [1.29, 1.82) is 0 Å². The summed E-state index contributed by atoms with van der Waals surface area (Å²) in [6.07, 6.45) is 0. The summed E-state index contributed by atoms with van der Waals surface area (Å²) < 4.78 is 16.1. The van der Waals surface area contributed by atoms with Gasteiger partial charge in [0, 0.05) is 5.56 Å². The average Bonchev–Trinajstić information content (AvgIpc) is 2.29. The van der Waals surface area contributed by atoms with Crippen LogP contribution in [-0.4, -0.2) is 27.4 Å². The maximum absolute atomic E-state index is 6.28. The second-order valence-electron chi connectivity index (χ2n) is 4.56. The molecule has 94 valence electrons. The van der Waals surface area contributed by atoms with Crippen molar-refractivity contribution < 1.29 is 14.2 Å². The summed E-state index contributed by atoms with van der Waals surface area (Å²) in [7, 11) is 3.33. The Labute approximate surface area is 102 Å². The molecule has 1 saturated heterocycles. The zero-order chi connectivity index (χ0) is 12.6. The van der Waals surface area contributed by atoms with Gasteiger partial charge in [0.15, 0.2) is 0 Å². The Morgan fingerprint density at radius 3 is 2.24 bits per heavy atom. The molecule has 0 spiro atoms. The number of ether oxygens (including phenoxy) is 3. The van der Waals surface area contributed by atoms with Crippen molar-refractivity contribution in [2.75, 3.05) is 27.4 Å². The number of benzene rings is 1. The normalized spacial score (nSPS) is 17.5. The first-order valence-electron chi connectivity index (χ1n) is 5.63. The smallest absolute Gasteiger partial charge is 0.127 e. The molecule has 2 N–H and O–H groups in total.